The average molecular weight is 310 g/mol. The van der Waals surface area contributed by atoms with Crippen molar-refractivity contribution in [3.05, 3.63) is 34.4 Å². The molecule has 2 aromatic carbocycles. The van der Waals surface area contributed by atoms with Crippen LogP contribution in [0.2, 0.25) is 0 Å². The van der Waals surface area contributed by atoms with E-state index in [1.165, 1.54) is 39.4 Å². The molecule has 0 spiro atoms. The first-order valence-electron chi connectivity index (χ1n) is 8.71. The zero-order chi connectivity index (χ0) is 16.5. The average Bonchev–Trinajstić information content (AvgIpc) is 2.77. The fourth-order valence-electron chi connectivity index (χ4n) is 4.73. The van der Waals surface area contributed by atoms with Gasteiger partial charge in [-0.1, -0.05) is 26.0 Å². The Bertz CT molecular complexity index is 815. The summed E-state index contributed by atoms with van der Waals surface area (Å²) >= 11 is 0. The standard InChI is InChI=1S/C21H26O2/c1-11(2)16-19(22-6)14-8-7-12(3)13-9-10-15-18(17(13)14)20(16)23-21(15,4)5/h7-8,11,15H,9-10H2,1-6H3/t15-/m1/s1. The fourth-order valence-corrected chi connectivity index (χ4v) is 4.73. The van der Waals surface area contributed by atoms with Gasteiger partial charge in [0.15, 0.2) is 0 Å². The summed E-state index contributed by atoms with van der Waals surface area (Å²) in [5, 5.41) is 2.67. The Morgan fingerprint density at radius 1 is 1.26 bits per heavy atom. The lowest BCUT2D eigenvalue weighted by Crippen LogP contribution is -2.31. The lowest BCUT2D eigenvalue weighted by atomic mass is 9.73. The Labute approximate surface area is 138 Å². The molecule has 2 aromatic rings. The highest BCUT2D eigenvalue weighted by atomic mass is 16.5. The highest BCUT2D eigenvalue weighted by molar-refractivity contribution is 5.99. The molecule has 2 aliphatic rings. The summed E-state index contributed by atoms with van der Waals surface area (Å²) in [7, 11) is 1.79. The van der Waals surface area contributed by atoms with Crippen molar-refractivity contribution in [3.63, 3.8) is 0 Å². The van der Waals surface area contributed by atoms with Crippen LogP contribution in [0, 0.1) is 6.92 Å². The van der Waals surface area contributed by atoms with Gasteiger partial charge in [0.05, 0.1) is 7.11 Å². The van der Waals surface area contributed by atoms with E-state index in [0.717, 1.165) is 17.9 Å². The monoisotopic (exact) mass is 310 g/mol. The van der Waals surface area contributed by atoms with Crippen molar-refractivity contribution < 1.29 is 9.47 Å². The molecule has 1 atom stereocenters. The number of ether oxygens (including phenoxy) is 2. The molecule has 0 amide bonds. The van der Waals surface area contributed by atoms with E-state index in [4.69, 9.17) is 9.47 Å². The number of rotatable bonds is 2. The molecule has 122 valence electrons. The summed E-state index contributed by atoms with van der Waals surface area (Å²) in [5.74, 6) is 2.97. The second-order valence-electron chi connectivity index (χ2n) is 7.92. The second-order valence-corrected chi connectivity index (χ2v) is 7.92. The summed E-state index contributed by atoms with van der Waals surface area (Å²) in [4.78, 5) is 0. The van der Waals surface area contributed by atoms with Gasteiger partial charge in [0.25, 0.3) is 0 Å². The highest BCUT2D eigenvalue weighted by Crippen LogP contribution is 2.58. The van der Waals surface area contributed by atoms with Crippen molar-refractivity contribution in [2.24, 2.45) is 0 Å². The van der Waals surface area contributed by atoms with Crippen molar-refractivity contribution in [3.8, 4) is 11.5 Å². The first-order chi connectivity index (χ1) is 10.9. The molecule has 2 heteroatoms. The Morgan fingerprint density at radius 3 is 2.65 bits per heavy atom. The van der Waals surface area contributed by atoms with E-state index in [1.807, 2.05) is 0 Å². The molecule has 0 aromatic heterocycles. The molecule has 1 heterocycles. The van der Waals surface area contributed by atoms with Gasteiger partial charge in [-0.15, -0.1) is 0 Å². The van der Waals surface area contributed by atoms with Crippen LogP contribution < -0.4 is 9.47 Å². The first-order valence-corrected chi connectivity index (χ1v) is 8.71. The van der Waals surface area contributed by atoms with E-state index < -0.39 is 0 Å². The normalized spacial score (nSPS) is 20.9. The fraction of sp³-hybridized carbons (Fsp3) is 0.524. The maximum Gasteiger partial charge on any atom is 0.133 e. The molecule has 0 unspecified atom stereocenters. The van der Waals surface area contributed by atoms with E-state index in [9.17, 15) is 0 Å². The number of hydrogen-bond acceptors (Lipinski definition) is 2. The van der Waals surface area contributed by atoms with Crippen LogP contribution >= 0.6 is 0 Å². The van der Waals surface area contributed by atoms with Gasteiger partial charge in [-0.2, -0.15) is 0 Å². The summed E-state index contributed by atoms with van der Waals surface area (Å²) in [6, 6.07) is 4.49. The minimum atomic E-state index is -0.132. The molecular weight excluding hydrogens is 284 g/mol. The number of benzene rings is 2. The van der Waals surface area contributed by atoms with E-state index in [1.54, 1.807) is 7.11 Å². The Morgan fingerprint density at radius 2 is 2.00 bits per heavy atom. The number of methoxy groups -OCH3 is 1. The van der Waals surface area contributed by atoms with Crippen LogP contribution in [0.25, 0.3) is 10.8 Å². The summed E-state index contributed by atoms with van der Waals surface area (Å²) in [6.45, 7) is 11.2. The van der Waals surface area contributed by atoms with Gasteiger partial charge < -0.3 is 9.47 Å². The van der Waals surface area contributed by atoms with E-state index in [0.29, 0.717) is 11.8 Å². The summed E-state index contributed by atoms with van der Waals surface area (Å²) < 4.78 is 12.4. The largest absolute Gasteiger partial charge is 0.496 e. The number of aryl methyl sites for hydroxylation is 2. The van der Waals surface area contributed by atoms with Crippen molar-refractivity contribution in [1.82, 2.24) is 0 Å². The van der Waals surface area contributed by atoms with Gasteiger partial charge in [0.1, 0.15) is 17.1 Å². The molecule has 0 radical (unpaired) electrons. The second kappa shape index (κ2) is 4.66. The van der Waals surface area contributed by atoms with Crippen molar-refractivity contribution in [2.75, 3.05) is 7.11 Å². The van der Waals surface area contributed by atoms with Crippen LogP contribution in [0.4, 0.5) is 0 Å². The first kappa shape index (κ1) is 14.9. The van der Waals surface area contributed by atoms with Gasteiger partial charge in [0.2, 0.25) is 0 Å². The number of hydrogen-bond donors (Lipinski definition) is 0. The van der Waals surface area contributed by atoms with Gasteiger partial charge in [-0.25, -0.2) is 0 Å². The predicted molar refractivity (Wildman–Crippen MR) is 95.1 cm³/mol. The molecule has 0 fully saturated rings. The van der Waals surface area contributed by atoms with Crippen LogP contribution in [-0.2, 0) is 6.42 Å². The van der Waals surface area contributed by atoms with Crippen LogP contribution in [-0.4, -0.2) is 12.7 Å². The van der Waals surface area contributed by atoms with E-state index in [-0.39, 0.29) is 5.60 Å². The van der Waals surface area contributed by atoms with E-state index in [2.05, 4.69) is 46.8 Å². The molecule has 0 bridgehead atoms. The molecule has 1 aliphatic carbocycles. The Kier molecular flexibility index (Phi) is 3.01. The molecule has 0 N–H and O–H groups in total. The predicted octanol–water partition coefficient (Wildman–Crippen LogP) is 5.48. The molecule has 4 rings (SSSR count). The zero-order valence-electron chi connectivity index (χ0n) is 15.0. The third kappa shape index (κ3) is 1.81. The van der Waals surface area contributed by atoms with Crippen molar-refractivity contribution >= 4 is 10.8 Å². The van der Waals surface area contributed by atoms with Crippen LogP contribution in [0.3, 0.4) is 0 Å². The van der Waals surface area contributed by atoms with Crippen LogP contribution in [0.5, 0.6) is 11.5 Å². The maximum atomic E-state index is 6.53. The molecule has 0 saturated heterocycles. The summed E-state index contributed by atoms with van der Waals surface area (Å²) in [5.41, 5.74) is 5.43. The van der Waals surface area contributed by atoms with Crippen LogP contribution in [0.15, 0.2) is 12.1 Å². The minimum absolute atomic E-state index is 0.132. The Hall–Kier alpha value is -1.70. The lowest BCUT2D eigenvalue weighted by molar-refractivity contribution is 0.105. The van der Waals surface area contributed by atoms with Gasteiger partial charge in [-0.3, -0.25) is 0 Å². The highest BCUT2D eigenvalue weighted by Gasteiger charge is 2.46. The summed E-state index contributed by atoms with van der Waals surface area (Å²) in [6.07, 6.45) is 2.31. The molecule has 0 saturated carbocycles. The van der Waals surface area contributed by atoms with Crippen molar-refractivity contribution in [2.45, 2.75) is 64.9 Å². The lowest BCUT2D eigenvalue weighted by Gasteiger charge is -2.30. The topological polar surface area (TPSA) is 18.5 Å². The Balaban J connectivity index is 2.22. The SMILES string of the molecule is COc1c(C(C)C)c2c3c4c(c(C)ccc14)CC[C@H]3C(C)(C)O2. The zero-order valence-corrected chi connectivity index (χ0v) is 15.0. The van der Waals surface area contributed by atoms with Crippen molar-refractivity contribution in [1.29, 1.82) is 0 Å². The van der Waals surface area contributed by atoms with Gasteiger partial charge in [0, 0.05) is 22.4 Å². The molecule has 1 aliphatic heterocycles. The third-order valence-electron chi connectivity index (χ3n) is 5.81. The smallest absolute Gasteiger partial charge is 0.133 e. The van der Waals surface area contributed by atoms with E-state index >= 15 is 0 Å². The maximum absolute atomic E-state index is 6.53. The minimum Gasteiger partial charge on any atom is -0.496 e. The third-order valence-corrected chi connectivity index (χ3v) is 5.81. The molecular formula is C21H26O2. The molecule has 2 nitrogen and oxygen atoms in total. The van der Waals surface area contributed by atoms with Crippen LogP contribution in [0.1, 0.15) is 68.2 Å². The quantitative estimate of drug-likeness (QED) is 0.731. The molecule has 23 heavy (non-hydrogen) atoms. The van der Waals surface area contributed by atoms with Gasteiger partial charge >= 0.3 is 0 Å². The van der Waals surface area contributed by atoms with Gasteiger partial charge in [-0.05, 0) is 56.0 Å².